The van der Waals surface area contributed by atoms with Crippen LogP contribution in [0.5, 0.6) is 11.5 Å². The van der Waals surface area contributed by atoms with Crippen molar-refractivity contribution in [3.05, 3.63) is 23.8 Å². The van der Waals surface area contributed by atoms with Crippen LogP contribution in [0.2, 0.25) is 0 Å². The number of piperidine rings is 1. The van der Waals surface area contributed by atoms with Gasteiger partial charge in [-0.2, -0.15) is 0 Å². The predicted molar refractivity (Wildman–Crippen MR) is 84.3 cm³/mol. The minimum Gasteiger partial charge on any atom is -0.493 e. The van der Waals surface area contributed by atoms with Gasteiger partial charge in [0.1, 0.15) is 0 Å². The van der Waals surface area contributed by atoms with E-state index in [1.165, 1.54) is 5.56 Å². The number of thiocarbonyl (C=S) groups is 1. The van der Waals surface area contributed by atoms with Crippen LogP contribution in [0, 0.1) is 5.92 Å². The first-order valence-corrected chi connectivity index (χ1v) is 7.27. The van der Waals surface area contributed by atoms with Crippen molar-refractivity contribution in [3.8, 4) is 11.5 Å². The number of nitrogens with zero attached hydrogens (tertiary/aromatic N) is 1. The number of hydrogen-bond donors (Lipinski definition) is 1. The normalized spacial score (nSPS) is 16.9. The Labute approximate surface area is 125 Å². The van der Waals surface area contributed by atoms with E-state index in [1.54, 1.807) is 14.2 Å². The lowest BCUT2D eigenvalue weighted by Gasteiger charge is -2.31. The van der Waals surface area contributed by atoms with Gasteiger partial charge in [-0.25, -0.2) is 0 Å². The second-order valence-electron chi connectivity index (χ2n) is 5.14. The van der Waals surface area contributed by atoms with Crippen molar-refractivity contribution >= 4 is 17.2 Å². The number of likely N-dealkylation sites (tertiary alicyclic amines) is 1. The zero-order valence-electron chi connectivity index (χ0n) is 12.1. The summed E-state index contributed by atoms with van der Waals surface area (Å²) in [6.07, 6.45) is 2.12. The molecule has 0 aliphatic carbocycles. The summed E-state index contributed by atoms with van der Waals surface area (Å²) in [6.45, 7) is 3.00. The monoisotopic (exact) mass is 294 g/mol. The number of rotatable bonds is 5. The summed E-state index contributed by atoms with van der Waals surface area (Å²) in [5.74, 6) is 1.96. The second-order valence-corrected chi connectivity index (χ2v) is 5.61. The predicted octanol–water partition coefficient (Wildman–Crippen LogP) is 2.20. The minimum absolute atomic E-state index is 0.409. The van der Waals surface area contributed by atoms with Gasteiger partial charge in [-0.1, -0.05) is 18.3 Å². The standard InChI is InChI=1S/C15H22N2O2S/c1-18-13-4-3-11(9-14(13)19-2)10-17-7-5-12(6-8-17)15(16)20/h3-4,9,12H,5-8,10H2,1-2H3,(H2,16,20). The van der Waals surface area contributed by atoms with Crippen molar-refractivity contribution in [2.24, 2.45) is 11.7 Å². The van der Waals surface area contributed by atoms with Gasteiger partial charge in [0, 0.05) is 12.5 Å². The molecule has 5 heteroatoms. The van der Waals surface area contributed by atoms with Gasteiger partial charge in [0.25, 0.3) is 0 Å². The highest BCUT2D eigenvalue weighted by Gasteiger charge is 2.21. The smallest absolute Gasteiger partial charge is 0.161 e. The highest BCUT2D eigenvalue weighted by atomic mass is 32.1. The van der Waals surface area contributed by atoms with Crippen LogP contribution in [0.3, 0.4) is 0 Å². The second kappa shape index (κ2) is 6.90. The molecule has 0 amide bonds. The van der Waals surface area contributed by atoms with E-state index in [1.807, 2.05) is 12.1 Å². The first-order valence-electron chi connectivity index (χ1n) is 6.86. The lowest BCUT2D eigenvalue weighted by atomic mass is 9.96. The summed E-state index contributed by atoms with van der Waals surface area (Å²) in [7, 11) is 3.31. The van der Waals surface area contributed by atoms with Crippen molar-refractivity contribution in [3.63, 3.8) is 0 Å². The van der Waals surface area contributed by atoms with E-state index in [9.17, 15) is 0 Å². The van der Waals surface area contributed by atoms with Crippen molar-refractivity contribution in [1.29, 1.82) is 0 Å². The van der Waals surface area contributed by atoms with Gasteiger partial charge in [-0.15, -0.1) is 0 Å². The number of methoxy groups -OCH3 is 2. The Morgan fingerprint density at radius 1 is 1.25 bits per heavy atom. The molecule has 1 aliphatic heterocycles. The van der Waals surface area contributed by atoms with Crippen LogP contribution in [0.25, 0.3) is 0 Å². The Bertz CT molecular complexity index is 471. The Morgan fingerprint density at radius 3 is 2.45 bits per heavy atom. The largest absolute Gasteiger partial charge is 0.493 e. The molecule has 1 saturated heterocycles. The Kier molecular flexibility index (Phi) is 5.20. The fraction of sp³-hybridized carbons (Fsp3) is 0.533. The molecule has 110 valence electrons. The molecule has 1 aromatic carbocycles. The summed E-state index contributed by atoms with van der Waals surface area (Å²) in [4.78, 5) is 3.09. The van der Waals surface area contributed by atoms with Crippen LogP contribution < -0.4 is 15.2 Å². The summed E-state index contributed by atoms with van der Waals surface area (Å²) < 4.78 is 10.6. The molecular weight excluding hydrogens is 272 g/mol. The van der Waals surface area contributed by atoms with E-state index in [0.29, 0.717) is 10.9 Å². The van der Waals surface area contributed by atoms with Gasteiger partial charge in [0.05, 0.1) is 19.2 Å². The molecule has 0 atom stereocenters. The molecule has 1 aromatic rings. The van der Waals surface area contributed by atoms with Crippen LogP contribution in [0.4, 0.5) is 0 Å². The fourth-order valence-corrected chi connectivity index (χ4v) is 2.85. The lowest BCUT2D eigenvalue weighted by molar-refractivity contribution is 0.202. The van der Waals surface area contributed by atoms with Crippen molar-refractivity contribution < 1.29 is 9.47 Å². The first kappa shape index (κ1) is 15.1. The van der Waals surface area contributed by atoms with Crippen LogP contribution in [-0.2, 0) is 6.54 Å². The van der Waals surface area contributed by atoms with E-state index in [4.69, 9.17) is 27.4 Å². The van der Waals surface area contributed by atoms with E-state index < -0.39 is 0 Å². The third-order valence-corrected chi connectivity index (χ3v) is 4.18. The average Bonchev–Trinajstić information content (AvgIpc) is 2.47. The molecule has 20 heavy (non-hydrogen) atoms. The number of benzene rings is 1. The zero-order chi connectivity index (χ0) is 14.5. The number of hydrogen-bond acceptors (Lipinski definition) is 4. The summed E-state index contributed by atoms with van der Waals surface area (Å²) in [5, 5.41) is 0. The van der Waals surface area contributed by atoms with E-state index in [-0.39, 0.29) is 0 Å². The Hall–Kier alpha value is -1.33. The lowest BCUT2D eigenvalue weighted by Crippen LogP contribution is -2.37. The third kappa shape index (κ3) is 3.61. The van der Waals surface area contributed by atoms with Gasteiger partial charge in [0.15, 0.2) is 11.5 Å². The van der Waals surface area contributed by atoms with Crippen LogP contribution in [0.1, 0.15) is 18.4 Å². The highest BCUT2D eigenvalue weighted by molar-refractivity contribution is 7.80. The number of ether oxygens (including phenoxy) is 2. The van der Waals surface area contributed by atoms with Crippen LogP contribution in [0.15, 0.2) is 18.2 Å². The maximum Gasteiger partial charge on any atom is 0.161 e. The molecule has 0 bridgehead atoms. The molecule has 4 nitrogen and oxygen atoms in total. The molecule has 0 unspecified atom stereocenters. The van der Waals surface area contributed by atoms with Gasteiger partial charge in [-0.3, -0.25) is 4.90 Å². The van der Waals surface area contributed by atoms with Crippen molar-refractivity contribution in [2.75, 3.05) is 27.3 Å². The van der Waals surface area contributed by atoms with E-state index in [0.717, 1.165) is 44.0 Å². The van der Waals surface area contributed by atoms with Gasteiger partial charge >= 0.3 is 0 Å². The molecule has 0 aromatic heterocycles. The number of nitrogens with two attached hydrogens (primary N) is 1. The maximum atomic E-state index is 5.72. The summed E-state index contributed by atoms with van der Waals surface area (Å²) in [5.41, 5.74) is 6.95. The van der Waals surface area contributed by atoms with Gasteiger partial charge in [-0.05, 0) is 43.6 Å². The highest BCUT2D eigenvalue weighted by Crippen LogP contribution is 2.28. The van der Waals surface area contributed by atoms with Crippen LogP contribution >= 0.6 is 12.2 Å². The topological polar surface area (TPSA) is 47.7 Å². The maximum absolute atomic E-state index is 5.72. The van der Waals surface area contributed by atoms with Crippen LogP contribution in [-0.4, -0.2) is 37.2 Å². The Morgan fingerprint density at radius 2 is 1.90 bits per heavy atom. The summed E-state index contributed by atoms with van der Waals surface area (Å²) in [6, 6.07) is 6.08. The molecule has 1 aliphatic rings. The molecule has 2 N–H and O–H groups in total. The molecule has 0 saturated carbocycles. The molecule has 2 rings (SSSR count). The van der Waals surface area contributed by atoms with E-state index >= 15 is 0 Å². The molecule has 1 fully saturated rings. The molecule has 0 radical (unpaired) electrons. The average molecular weight is 294 g/mol. The SMILES string of the molecule is COc1ccc(CN2CCC(C(N)=S)CC2)cc1OC. The summed E-state index contributed by atoms with van der Waals surface area (Å²) >= 11 is 5.07. The molecule has 0 spiro atoms. The molecular formula is C15H22N2O2S. The Balaban J connectivity index is 1.96. The minimum atomic E-state index is 0.409. The van der Waals surface area contributed by atoms with Gasteiger partial charge < -0.3 is 15.2 Å². The van der Waals surface area contributed by atoms with E-state index in [2.05, 4.69) is 11.0 Å². The van der Waals surface area contributed by atoms with Crippen molar-refractivity contribution in [2.45, 2.75) is 19.4 Å². The third-order valence-electron chi connectivity index (χ3n) is 3.84. The fourth-order valence-electron chi connectivity index (χ4n) is 2.61. The first-order chi connectivity index (χ1) is 9.63. The van der Waals surface area contributed by atoms with Crippen molar-refractivity contribution in [1.82, 2.24) is 4.90 Å². The quantitative estimate of drug-likeness (QED) is 0.844. The zero-order valence-corrected chi connectivity index (χ0v) is 12.9. The molecule has 1 heterocycles. The van der Waals surface area contributed by atoms with Gasteiger partial charge in [0.2, 0.25) is 0 Å².